The number of hydrogen-bond donors (Lipinski definition) is 1. The largest absolute Gasteiger partial charge is 0.328 e. The average molecular weight is 160 g/mol. The molecule has 1 aliphatic heterocycles. The number of hydrogen-bond acceptors (Lipinski definition) is 2. The van der Waals surface area contributed by atoms with Crippen molar-refractivity contribution < 1.29 is 4.11 Å². The molecule has 0 bridgehead atoms. The van der Waals surface area contributed by atoms with Crippen LogP contribution in [0.5, 0.6) is 0 Å². The summed E-state index contributed by atoms with van der Waals surface area (Å²) in [5.41, 5.74) is 5.79. The van der Waals surface area contributed by atoms with Crippen molar-refractivity contribution in [2.75, 3.05) is 20.1 Å². The Morgan fingerprint density at radius 1 is 1.70 bits per heavy atom. The van der Waals surface area contributed by atoms with Gasteiger partial charge < -0.3 is 14.7 Å². The second-order valence-electron chi connectivity index (χ2n) is 2.93. The average Bonchev–Trinajstić information content (AvgIpc) is 1.94. The molecule has 0 aromatic carbocycles. The summed E-state index contributed by atoms with van der Waals surface area (Å²) in [6.45, 7) is 1.85. The molecule has 2 N–H and O–H groups in total. The molecule has 0 aliphatic carbocycles. The van der Waals surface area contributed by atoms with Crippen LogP contribution in [0.4, 0.5) is 4.11 Å². The van der Waals surface area contributed by atoms with Gasteiger partial charge in [-0.25, -0.2) is 0 Å². The maximum absolute atomic E-state index is 12.2. The van der Waals surface area contributed by atoms with E-state index < -0.39 is 9.85 Å². The monoisotopic (exact) mass is 160 g/mol. The van der Waals surface area contributed by atoms with Gasteiger partial charge in [-0.1, -0.05) is 0 Å². The Hall–Kier alpha value is 0.0669. The Balaban J connectivity index is 2.38. The number of nitrogens with two attached hydrogens (primary N) is 1. The molecular formula is C6H13FN2Si. The van der Waals surface area contributed by atoms with Crippen LogP contribution in [0.15, 0.2) is 0 Å². The summed E-state index contributed by atoms with van der Waals surface area (Å²) in [4.78, 5) is 2.14. The highest BCUT2D eigenvalue weighted by molar-refractivity contribution is 6.29. The zero-order valence-electron chi connectivity index (χ0n) is 6.18. The Morgan fingerprint density at radius 3 is 2.90 bits per heavy atom. The molecular weight excluding hydrogens is 147 g/mol. The Labute approximate surface area is 63.6 Å². The lowest BCUT2D eigenvalue weighted by Crippen LogP contribution is -2.43. The first-order chi connectivity index (χ1) is 4.74. The van der Waals surface area contributed by atoms with Gasteiger partial charge in [-0.15, -0.1) is 0 Å². The molecule has 2 atom stereocenters. The predicted octanol–water partition coefficient (Wildman–Crippen LogP) is 0.0264. The Morgan fingerprint density at radius 2 is 2.40 bits per heavy atom. The normalized spacial score (nSPS) is 36.3. The smallest absolute Gasteiger partial charge is 0.300 e. The summed E-state index contributed by atoms with van der Waals surface area (Å²) in [6.07, 6.45) is 0.943. The van der Waals surface area contributed by atoms with E-state index in [-0.39, 0.29) is 11.6 Å². The van der Waals surface area contributed by atoms with Gasteiger partial charge in [0.2, 0.25) is 0 Å². The van der Waals surface area contributed by atoms with Gasteiger partial charge >= 0.3 is 9.85 Å². The third-order valence-corrected chi connectivity index (χ3v) is 2.90. The standard InChI is InChI=1S/C6H13FN2Si/c1-9-3-2-5(8)6(4-9)10-7/h5-6H,2-4,8H2,1H3/t5-,6+/m1/s1. The maximum atomic E-state index is 12.2. The molecule has 2 radical (unpaired) electrons. The molecule has 0 saturated carbocycles. The minimum Gasteiger partial charge on any atom is -0.328 e. The van der Waals surface area contributed by atoms with Crippen molar-refractivity contribution in [3.63, 3.8) is 0 Å². The molecule has 1 saturated heterocycles. The molecule has 10 heavy (non-hydrogen) atoms. The minimum absolute atomic E-state index is 0.0961. The van der Waals surface area contributed by atoms with E-state index in [2.05, 4.69) is 4.90 Å². The van der Waals surface area contributed by atoms with Crippen molar-refractivity contribution in [3.05, 3.63) is 0 Å². The molecule has 0 unspecified atom stereocenters. The Bertz CT molecular complexity index is 112. The van der Waals surface area contributed by atoms with E-state index in [1.54, 1.807) is 0 Å². The third-order valence-electron chi connectivity index (χ3n) is 2.01. The fourth-order valence-corrected chi connectivity index (χ4v) is 1.96. The van der Waals surface area contributed by atoms with Crippen LogP contribution < -0.4 is 5.73 Å². The fourth-order valence-electron chi connectivity index (χ4n) is 1.25. The molecule has 1 aliphatic rings. The quantitative estimate of drug-likeness (QED) is 0.433. The van der Waals surface area contributed by atoms with Gasteiger partial charge in [0.05, 0.1) is 0 Å². The first-order valence-electron chi connectivity index (χ1n) is 3.54. The molecule has 0 aromatic heterocycles. The highest BCUT2D eigenvalue weighted by Crippen LogP contribution is 2.18. The van der Waals surface area contributed by atoms with Crippen LogP contribution in [0, 0.1) is 0 Å². The molecule has 0 amide bonds. The van der Waals surface area contributed by atoms with Crippen molar-refractivity contribution in [1.82, 2.24) is 4.90 Å². The van der Waals surface area contributed by atoms with Crippen LogP contribution in [-0.2, 0) is 0 Å². The zero-order chi connectivity index (χ0) is 7.56. The van der Waals surface area contributed by atoms with Crippen LogP contribution in [0.1, 0.15) is 6.42 Å². The molecule has 4 heteroatoms. The molecule has 0 aromatic rings. The summed E-state index contributed by atoms with van der Waals surface area (Å²) in [6, 6.07) is 0.0968. The van der Waals surface area contributed by atoms with E-state index in [0.717, 1.165) is 19.5 Å². The number of likely N-dealkylation sites (tertiary alicyclic amines) is 1. The van der Waals surface area contributed by atoms with Crippen LogP contribution in [0.25, 0.3) is 0 Å². The van der Waals surface area contributed by atoms with Crippen LogP contribution >= 0.6 is 0 Å². The molecule has 1 rings (SSSR count). The highest BCUT2D eigenvalue weighted by Gasteiger charge is 2.25. The third kappa shape index (κ3) is 1.77. The van der Waals surface area contributed by atoms with Crippen molar-refractivity contribution in [2.24, 2.45) is 5.73 Å². The van der Waals surface area contributed by atoms with E-state index >= 15 is 0 Å². The maximum Gasteiger partial charge on any atom is 0.300 e. The summed E-state index contributed by atoms with van der Waals surface area (Å²) in [7, 11) is 1.52. The summed E-state index contributed by atoms with van der Waals surface area (Å²) < 4.78 is 12.2. The Kier molecular flexibility index (Phi) is 2.82. The predicted molar refractivity (Wildman–Crippen MR) is 40.7 cm³/mol. The van der Waals surface area contributed by atoms with Crippen molar-refractivity contribution >= 4 is 9.85 Å². The van der Waals surface area contributed by atoms with Crippen molar-refractivity contribution in [1.29, 1.82) is 0 Å². The van der Waals surface area contributed by atoms with Crippen LogP contribution in [0.3, 0.4) is 0 Å². The molecule has 1 fully saturated rings. The lowest BCUT2D eigenvalue weighted by molar-refractivity contribution is 0.252. The first-order valence-corrected chi connectivity index (χ1v) is 4.50. The SMILES string of the molecule is CN1CC[C@@H](N)[C@@H]([Si]F)C1. The van der Waals surface area contributed by atoms with Gasteiger partial charge in [-0.3, -0.25) is 0 Å². The van der Waals surface area contributed by atoms with E-state index in [0.29, 0.717) is 0 Å². The van der Waals surface area contributed by atoms with E-state index in [4.69, 9.17) is 5.73 Å². The van der Waals surface area contributed by atoms with Crippen LogP contribution in [-0.4, -0.2) is 40.9 Å². The summed E-state index contributed by atoms with van der Waals surface area (Å²) in [5.74, 6) is 0. The van der Waals surface area contributed by atoms with Gasteiger partial charge in [0.1, 0.15) is 0 Å². The fraction of sp³-hybridized carbons (Fsp3) is 1.00. The van der Waals surface area contributed by atoms with Gasteiger partial charge in [-0.2, -0.15) is 0 Å². The summed E-state index contributed by atoms with van der Waals surface area (Å²) in [5, 5.41) is 0. The highest BCUT2D eigenvalue weighted by atomic mass is 28.3. The van der Waals surface area contributed by atoms with Crippen molar-refractivity contribution in [3.8, 4) is 0 Å². The molecule has 58 valence electrons. The second kappa shape index (κ2) is 3.46. The lowest BCUT2D eigenvalue weighted by atomic mass is 10.1. The lowest BCUT2D eigenvalue weighted by Gasteiger charge is -2.32. The van der Waals surface area contributed by atoms with Gasteiger partial charge in [0.15, 0.2) is 0 Å². The van der Waals surface area contributed by atoms with E-state index in [9.17, 15) is 4.11 Å². The van der Waals surface area contributed by atoms with E-state index in [1.165, 1.54) is 0 Å². The van der Waals surface area contributed by atoms with Gasteiger partial charge in [0.25, 0.3) is 0 Å². The second-order valence-corrected chi connectivity index (χ2v) is 3.89. The van der Waals surface area contributed by atoms with E-state index in [1.807, 2.05) is 7.05 Å². The number of nitrogens with zero attached hydrogens (tertiary/aromatic N) is 1. The minimum atomic E-state index is -0.493. The van der Waals surface area contributed by atoms with Gasteiger partial charge in [-0.05, 0) is 20.0 Å². The summed E-state index contributed by atoms with van der Waals surface area (Å²) >= 11 is 0. The molecule has 2 nitrogen and oxygen atoms in total. The number of rotatable bonds is 1. The van der Waals surface area contributed by atoms with Gasteiger partial charge in [0, 0.05) is 18.1 Å². The van der Waals surface area contributed by atoms with Crippen molar-refractivity contribution in [2.45, 2.75) is 18.0 Å². The number of halogens is 1. The zero-order valence-corrected chi connectivity index (χ0v) is 7.18. The first kappa shape index (κ1) is 8.17. The topological polar surface area (TPSA) is 29.3 Å². The van der Waals surface area contributed by atoms with Crippen LogP contribution in [0.2, 0.25) is 5.54 Å². The number of piperidine rings is 1. The molecule has 0 spiro atoms. The molecule has 1 heterocycles.